The molecule has 1 aromatic carbocycles. The van der Waals surface area contributed by atoms with Gasteiger partial charge in [-0.25, -0.2) is 9.06 Å². The number of benzene rings is 1. The van der Waals surface area contributed by atoms with E-state index in [4.69, 9.17) is 19.9 Å². The highest BCUT2D eigenvalue weighted by Crippen LogP contribution is 2.50. The van der Waals surface area contributed by atoms with Crippen molar-refractivity contribution < 1.29 is 29.1 Å². The molecule has 3 aliphatic heterocycles. The number of nitrogens with one attached hydrogen (secondary N) is 1. The van der Waals surface area contributed by atoms with Gasteiger partial charge >= 0.3 is 0 Å². The topological polar surface area (TPSA) is 75.7 Å². The molecule has 9 nitrogen and oxygen atoms in total. The molecular formula is C32H50FN4O5PS2. The molecule has 1 amide bonds. The summed E-state index contributed by atoms with van der Waals surface area (Å²) in [4.78, 5) is 16.8. The van der Waals surface area contributed by atoms with E-state index in [0.717, 1.165) is 32.8 Å². The third kappa shape index (κ3) is 10.1. The summed E-state index contributed by atoms with van der Waals surface area (Å²) in [5, 5.41) is 2.58. The first-order valence-corrected chi connectivity index (χ1v) is 18.8. The maximum atomic E-state index is 16.1. The van der Waals surface area contributed by atoms with Crippen LogP contribution in [-0.4, -0.2) is 101 Å². The van der Waals surface area contributed by atoms with E-state index in [2.05, 4.69) is 81.2 Å². The lowest BCUT2D eigenvalue weighted by Gasteiger charge is -2.37. The van der Waals surface area contributed by atoms with Gasteiger partial charge in [-0.3, -0.25) is 9.69 Å². The molecule has 5 atom stereocenters. The van der Waals surface area contributed by atoms with Crippen molar-refractivity contribution in [1.82, 2.24) is 19.8 Å². The van der Waals surface area contributed by atoms with E-state index in [-0.39, 0.29) is 35.5 Å². The smallest absolute Gasteiger partial charge is 0.259 e. The maximum absolute atomic E-state index is 16.1. The van der Waals surface area contributed by atoms with Crippen molar-refractivity contribution >= 4 is 36.0 Å². The monoisotopic (exact) mass is 685 g/mol. The van der Waals surface area contributed by atoms with Crippen LogP contribution in [0.3, 0.4) is 0 Å². The molecule has 3 aliphatic rings. The van der Waals surface area contributed by atoms with Crippen LogP contribution in [0.5, 0.6) is 0 Å². The molecule has 0 aliphatic carbocycles. The first-order valence-electron chi connectivity index (χ1n) is 16.3. The van der Waals surface area contributed by atoms with Gasteiger partial charge in [-0.15, -0.1) is 0 Å². The molecular weight excluding hydrogens is 634 g/mol. The normalized spacial score (nSPS) is 25.8. The third-order valence-corrected chi connectivity index (χ3v) is 13.1. The number of carbonyl (C=O) groups is 1. The van der Waals surface area contributed by atoms with E-state index >= 15 is 4.39 Å². The van der Waals surface area contributed by atoms with Crippen molar-refractivity contribution in [2.75, 3.05) is 39.5 Å². The van der Waals surface area contributed by atoms with E-state index in [1.54, 1.807) is 10.8 Å². The summed E-state index contributed by atoms with van der Waals surface area (Å²) in [7, 11) is 1.98. The highest BCUT2D eigenvalue weighted by atomic mass is 33.1. The standard InChI is InChI=1S/C32H50FN4O5PS2/c1-22(2)37(23(3)4)43(42-30-24(5)41-31(29(30)33)36-15-13-28(38)34-25(36)6)40-18-14-26-11-9-10-12-27(26)44-45-32(7,8)21-35-16-19-39-20-17-35/h9-13,15,22-24,29-31H,6,14,16-21H2,1-5,7-8H3,(H,34,38)/t24-,29+,30?,31-,43?/m1/s1/i5D. The zero-order valence-electron chi connectivity index (χ0n) is 28.3. The molecule has 0 bridgehead atoms. The number of carbonyl (C=O) groups excluding carboxylic acids is 1. The number of hydrogen-bond donors (Lipinski definition) is 1. The SMILES string of the molecule is [2H]C[C@H]1O[C@@H](N2C=CC(=O)NC2=C)[C@@H](F)C1OP(OCCc1ccccc1SSC(C)(C)CN1CCOCC1)N(C(C)C)C(C)C. The molecule has 252 valence electrons. The molecule has 13 heteroatoms. The van der Waals surface area contributed by atoms with Gasteiger partial charge in [0.1, 0.15) is 11.9 Å². The summed E-state index contributed by atoms with van der Waals surface area (Å²) < 4.78 is 50.8. The zero-order valence-corrected chi connectivity index (χ0v) is 29.8. The summed E-state index contributed by atoms with van der Waals surface area (Å²) in [5.41, 5.74) is 1.19. The number of morpholine rings is 1. The van der Waals surface area contributed by atoms with Crippen LogP contribution < -0.4 is 5.32 Å². The van der Waals surface area contributed by atoms with Gasteiger partial charge in [0, 0.05) is 55.0 Å². The fraction of sp³-hybridized carbons (Fsp3) is 0.656. The molecule has 1 aromatic rings. The van der Waals surface area contributed by atoms with Crippen LogP contribution in [0.4, 0.5) is 4.39 Å². The van der Waals surface area contributed by atoms with Crippen molar-refractivity contribution in [3.8, 4) is 0 Å². The highest BCUT2D eigenvalue weighted by Gasteiger charge is 2.49. The summed E-state index contributed by atoms with van der Waals surface area (Å²) in [6.45, 7) is 21.4. The number of nitrogens with zero attached hydrogens (tertiary/aromatic N) is 3. The van der Waals surface area contributed by atoms with E-state index in [9.17, 15) is 4.79 Å². The Morgan fingerprint density at radius 3 is 2.62 bits per heavy atom. The average molecular weight is 686 g/mol. The summed E-state index contributed by atoms with van der Waals surface area (Å²) >= 11 is 0. The fourth-order valence-corrected chi connectivity index (χ4v) is 9.82. The second kappa shape index (κ2) is 16.8. The Bertz CT molecular complexity index is 1190. The number of alkyl halides is 1. The minimum absolute atomic E-state index is 0.0588. The summed E-state index contributed by atoms with van der Waals surface area (Å²) in [6.07, 6.45) is -1.11. The lowest BCUT2D eigenvalue weighted by atomic mass is 10.1. The Morgan fingerprint density at radius 1 is 1.24 bits per heavy atom. The van der Waals surface area contributed by atoms with Crippen LogP contribution in [-0.2, 0) is 29.7 Å². The van der Waals surface area contributed by atoms with Crippen LogP contribution in [0.25, 0.3) is 0 Å². The van der Waals surface area contributed by atoms with Gasteiger partial charge in [-0.2, -0.15) is 0 Å². The van der Waals surface area contributed by atoms with E-state index in [0.29, 0.717) is 13.0 Å². The van der Waals surface area contributed by atoms with E-state index < -0.39 is 33.1 Å². The number of amides is 1. The second-order valence-electron chi connectivity index (χ2n) is 12.5. The van der Waals surface area contributed by atoms with Crippen LogP contribution in [0.15, 0.2) is 53.8 Å². The van der Waals surface area contributed by atoms with Crippen molar-refractivity contribution in [1.29, 1.82) is 0 Å². The average Bonchev–Trinajstić information content (AvgIpc) is 3.31. The van der Waals surface area contributed by atoms with E-state index in [1.807, 2.05) is 16.9 Å². The van der Waals surface area contributed by atoms with Gasteiger partial charge in [-0.1, -0.05) is 46.4 Å². The van der Waals surface area contributed by atoms with Gasteiger partial charge in [0.2, 0.25) is 0 Å². The summed E-state index contributed by atoms with van der Waals surface area (Å²) in [6, 6.07) is 8.54. The Kier molecular flexibility index (Phi) is 13.1. The fourth-order valence-electron chi connectivity index (χ4n) is 5.50. The highest BCUT2D eigenvalue weighted by molar-refractivity contribution is 8.77. The van der Waals surface area contributed by atoms with Gasteiger partial charge in [-0.05, 0) is 66.5 Å². The molecule has 2 saturated heterocycles. The zero-order chi connectivity index (χ0) is 33.4. The van der Waals surface area contributed by atoms with Crippen molar-refractivity contribution in [3.05, 3.63) is 54.5 Å². The van der Waals surface area contributed by atoms with Gasteiger partial charge in [0.05, 0.1) is 25.9 Å². The van der Waals surface area contributed by atoms with Crippen molar-refractivity contribution in [3.63, 3.8) is 0 Å². The number of hydrogen-bond acceptors (Lipinski definition) is 10. The number of rotatable bonds is 15. The minimum atomic E-state index is -1.70. The molecule has 2 fully saturated rings. The van der Waals surface area contributed by atoms with Gasteiger partial charge in [0.15, 0.2) is 12.4 Å². The third-order valence-electron chi connectivity index (χ3n) is 7.58. The largest absolute Gasteiger partial charge is 0.379 e. The van der Waals surface area contributed by atoms with Crippen LogP contribution in [0.1, 0.15) is 55.4 Å². The predicted octanol–water partition coefficient (Wildman–Crippen LogP) is 6.33. The Balaban J connectivity index is 1.42. The molecule has 2 unspecified atom stereocenters. The van der Waals surface area contributed by atoms with Crippen LogP contribution in [0, 0.1) is 0 Å². The molecule has 4 rings (SSSR count). The molecule has 0 aromatic heterocycles. The lowest BCUT2D eigenvalue weighted by molar-refractivity contribution is -0.117. The van der Waals surface area contributed by atoms with Gasteiger partial charge < -0.3 is 28.7 Å². The second-order valence-corrected chi connectivity index (χ2v) is 16.8. The predicted molar refractivity (Wildman–Crippen MR) is 182 cm³/mol. The maximum Gasteiger partial charge on any atom is 0.259 e. The van der Waals surface area contributed by atoms with Crippen LogP contribution in [0.2, 0.25) is 0 Å². The Labute approximate surface area is 279 Å². The summed E-state index contributed by atoms with van der Waals surface area (Å²) in [5.74, 6) is -0.121. The number of ether oxygens (including phenoxy) is 2. The van der Waals surface area contributed by atoms with Crippen molar-refractivity contribution in [2.24, 2.45) is 0 Å². The molecule has 45 heavy (non-hydrogen) atoms. The Hall–Kier alpha value is -1.21. The Morgan fingerprint density at radius 2 is 1.96 bits per heavy atom. The quantitative estimate of drug-likeness (QED) is 0.167. The molecule has 1 N–H and O–H groups in total. The first kappa shape index (κ1) is 35.1. The molecule has 0 radical (unpaired) electrons. The van der Waals surface area contributed by atoms with Crippen LogP contribution >= 0.6 is 30.1 Å². The number of halogens is 1. The minimum Gasteiger partial charge on any atom is -0.379 e. The van der Waals surface area contributed by atoms with Crippen molar-refractivity contribution in [2.45, 2.75) is 101 Å². The molecule has 0 saturated carbocycles. The lowest BCUT2D eigenvalue weighted by Crippen LogP contribution is -2.45. The molecule has 3 heterocycles. The first-order chi connectivity index (χ1) is 21.9. The molecule has 0 spiro atoms. The van der Waals surface area contributed by atoms with Gasteiger partial charge in [0.25, 0.3) is 14.4 Å². The van der Waals surface area contributed by atoms with E-state index in [1.165, 1.54) is 27.6 Å².